The molecule has 0 radical (unpaired) electrons. The molecule has 5 heteroatoms. The van der Waals surface area contributed by atoms with Crippen LogP contribution in [0.15, 0.2) is 12.4 Å². The van der Waals surface area contributed by atoms with Crippen LogP contribution in [0.25, 0.3) is 0 Å². The minimum Gasteiger partial charge on any atom is -0.338 e. The van der Waals surface area contributed by atoms with Crippen LogP contribution in [0.5, 0.6) is 0 Å². The van der Waals surface area contributed by atoms with Gasteiger partial charge in [-0.2, -0.15) is 0 Å². The molecule has 1 aromatic heterocycles. The summed E-state index contributed by atoms with van der Waals surface area (Å²) in [4.78, 5) is 4.21. The van der Waals surface area contributed by atoms with E-state index in [0.717, 1.165) is 5.82 Å². The number of aromatic nitrogens is 2. The lowest BCUT2D eigenvalue weighted by molar-refractivity contribution is -0.0482. The molecule has 1 atom stereocenters. The van der Waals surface area contributed by atoms with Crippen LogP contribution < -0.4 is 5.73 Å². The van der Waals surface area contributed by atoms with Gasteiger partial charge in [0.1, 0.15) is 5.82 Å². The van der Waals surface area contributed by atoms with Gasteiger partial charge in [0.25, 0.3) is 0 Å². The monoisotopic (exact) mass is 243 g/mol. The lowest BCUT2D eigenvalue weighted by Crippen LogP contribution is -2.38. The maximum absolute atomic E-state index is 13.0. The van der Waals surface area contributed by atoms with Gasteiger partial charge in [0.2, 0.25) is 5.92 Å². The highest BCUT2D eigenvalue weighted by Crippen LogP contribution is 2.37. The first-order valence-electron chi connectivity index (χ1n) is 6.07. The fraction of sp³-hybridized carbons (Fsp3) is 0.750. The summed E-state index contributed by atoms with van der Waals surface area (Å²) in [6.07, 6.45) is 5.28. The van der Waals surface area contributed by atoms with Crippen LogP contribution in [0.1, 0.15) is 31.5 Å². The highest BCUT2D eigenvalue weighted by molar-refractivity contribution is 4.96. The molecule has 0 amide bonds. The zero-order valence-corrected chi connectivity index (χ0v) is 10.1. The fourth-order valence-electron chi connectivity index (χ4n) is 2.46. The first kappa shape index (κ1) is 12.5. The number of alkyl halides is 2. The molecule has 2 rings (SSSR count). The number of hydrogen-bond donors (Lipinski definition) is 1. The van der Waals surface area contributed by atoms with Crippen molar-refractivity contribution in [2.24, 2.45) is 18.7 Å². The Labute approximate surface area is 100 Å². The van der Waals surface area contributed by atoms with Crippen molar-refractivity contribution in [2.45, 2.75) is 44.1 Å². The van der Waals surface area contributed by atoms with E-state index >= 15 is 0 Å². The summed E-state index contributed by atoms with van der Waals surface area (Å²) in [6, 6.07) is -0.0628. The molecule has 0 aromatic carbocycles. The fourth-order valence-corrected chi connectivity index (χ4v) is 2.46. The van der Waals surface area contributed by atoms with Crippen LogP contribution in [0.3, 0.4) is 0 Å². The van der Waals surface area contributed by atoms with Crippen molar-refractivity contribution < 1.29 is 8.78 Å². The van der Waals surface area contributed by atoms with Crippen molar-refractivity contribution in [3.8, 4) is 0 Å². The van der Waals surface area contributed by atoms with Crippen molar-refractivity contribution in [2.75, 3.05) is 0 Å². The number of rotatable bonds is 3. The van der Waals surface area contributed by atoms with Crippen LogP contribution in [0.2, 0.25) is 0 Å². The molecule has 1 aromatic rings. The quantitative estimate of drug-likeness (QED) is 0.883. The second-order valence-electron chi connectivity index (χ2n) is 5.02. The Morgan fingerprint density at radius 1 is 1.53 bits per heavy atom. The zero-order chi connectivity index (χ0) is 12.5. The van der Waals surface area contributed by atoms with Crippen LogP contribution in [0, 0.1) is 5.92 Å². The number of halogens is 2. The molecule has 0 aliphatic heterocycles. The first-order chi connectivity index (χ1) is 7.98. The highest BCUT2D eigenvalue weighted by atomic mass is 19.3. The summed E-state index contributed by atoms with van der Waals surface area (Å²) in [5.74, 6) is -1.35. The SMILES string of the molecule is Cn1ccnc1CC(N)C1CCC(F)(F)CC1. The van der Waals surface area contributed by atoms with Crippen molar-refractivity contribution in [1.29, 1.82) is 0 Å². The smallest absolute Gasteiger partial charge is 0.248 e. The van der Waals surface area contributed by atoms with E-state index < -0.39 is 5.92 Å². The van der Waals surface area contributed by atoms with E-state index in [4.69, 9.17) is 5.73 Å². The van der Waals surface area contributed by atoms with Crippen molar-refractivity contribution >= 4 is 0 Å². The summed E-state index contributed by atoms with van der Waals surface area (Å²) < 4.78 is 28.0. The summed E-state index contributed by atoms with van der Waals surface area (Å²) in [7, 11) is 1.92. The van der Waals surface area contributed by atoms with Gasteiger partial charge in [-0.1, -0.05) is 0 Å². The van der Waals surface area contributed by atoms with Gasteiger partial charge in [-0.15, -0.1) is 0 Å². The van der Waals surface area contributed by atoms with Crippen LogP contribution in [-0.4, -0.2) is 21.5 Å². The van der Waals surface area contributed by atoms with Gasteiger partial charge in [0.15, 0.2) is 0 Å². The molecule has 1 aliphatic carbocycles. The normalized spacial score (nSPS) is 22.6. The van der Waals surface area contributed by atoms with Gasteiger partial charge in [-0.05, 0) is 18.8 Å². The molecule has 1 fully saturated rings. The molecule has 0 bridgehead atoms. The molecule has 2 N–H and O–H groups in total. The second-order valence-corrected chi connectivity index (χ2v) is 5.02. The van der Waals surface area contributed by atoms with Gasteiger partial charge in [0.05, 0.1) is 0 Å². The van der Waals surface area contributed by atoms with E-state index in [1.165, 1.54) is 0 Å². The Bertz CT molecular complexity index is 366. The Morgan fingerprint density at radius 2 is 2.18 bits per heavy atom. The molecule has 1 heterocycles. The lowest BCUT2D eigenvalue weighted by Gasteiger charge is -2.31. The Kier molecular flexibility index (Phi) is 3.47. The molecule has 17 heavy (non-hydrogen) atoms. The maximum Gasteiger partial charge on any atom is 0.248 e. The van der Waals surface area contributed by atoms with Gasteiger partial charge in [-0.25, -0.2) is 13.8 Å². The summed E-state index contributed by atoms with van der Waals surface area (Å²) >= 11 is 0. The van der Waals surface area contributed by atoms with E-state index in [0.29, 0.717) is 19.3 Å². The maximum atomic E-state index is 13.0. The second kappa shape index (κ2) is 4.72. The third-order valence-electron chi connectivity index (χ3n) is 3.71. The standard InChI is InChI=1S/C12H19F2N3/c1-17-7-6-16-11(17)8-10(15)9-2-4-12(13,14)5-3-9/h6-7,9-10H,2-5,8,15H2,1H3. The zero-order valence-electron chi connectivity index (χ0n) is 10.1. The number of aryl methyl sites for hydroxylation is 1. The van der Waals surface area contributed by atoms with Crippen molar-refractivity contribution in [3.63, 3.8) is 0 Å². The molecule has 1 saturated carbocycles. The molecular weight excluding hydrogens is 224 g/mol. The Hall–Kier alpha value is -0.970. The Balaban J connectivity index is 1.89. The number of imidazole rings is 1. The van der Waals surface area contributed by atoms with E-state index in [-0.39, 0.29) is 24.8 Å². The van der Waals surface area contributed by atoms with Gasteiger partial charge in [0, 0.05) is 44.7 Å². The number of hydrogen-bond acceptors (Lipinski definition) is 2. The van der Waals surface area contributed by atoms with Crippen molar-refractivity contribution in [3.05, 3.63) is 18.2 Å². The number of nitrogens with zero attached hydrogens (tertiary/aromatic N) is 2. The summed E-state index contributed by atoms with van der Waals surface area (Å²) in [6.45, 7) is 0. The molecular formula is C12H19F2N3. The third kappa shape index (κ3) is 3.03. The Morgan fingerprint density at radius 3 is 2.71 bits per heavy atom. The molecule has 1 aliphatic rings. The van der Waals surface area contributed by atoms with Gasteiger partial charge < -0.3 is 10.3 Å². The van der Waals surface area contributed by atoms with Crippen molar-refractivity contribution in [1.82, 2.24) is 9.55 Å². The predicted octanol–water partition coefficient (Wildman–Crippen LogP) is 2.12. The minimum absolute atomic E-state index is 0.0219. The van der Waals surface area contributed by atoms with Crippen LogP contribution in [-0.2, 0) is 13.5 Å². The summed E-state index contributed by atoms with van der Waals surface area (Å²) in [5, 5.41) is 0. The van der Waals surface area contributed by atoms with Gasteiger partial charge >= 0.3 is 0 Å². The average molecular weight is 243 g/mol. The lowest BCUT2D eigenvalue weighted by atomic mass is 9.81. The van der Waals surface area contributed by atoms with Gasteiger partial charge in [-0.3, -0.25) is 0 Å². The predicted molar refractivity (Wildman–Crippen MR) is 61.8 cm³/mol. The molecule has 0 spiro atoms. The largest absolute Gasteiger partial charge is 0.338 e. The first-order valence-corrected chi connectivity index (χ1v) is 6.07. The molecule has 1 unspecified atom stereocenters. The van der Waals surface area contributed by atoms with E-state index in [9.17, 15) is 8.78 Å². The molecule has 0 saturated heterocycles. The third-order valence-corrected chi connectivity index (χ3v) is 3.71. The summed E-state index contributed by atoms with van der Waals surface area (Å²) in [5.41, 5.74) is 6.10. The highest BCUT2D eigenvalue weighted by Gasteiger charge is 2.36. The topological polar surface area (TPSA) is 43.8 Å². The van der Waals surface area contributed by atoms with Crippen LogP contribution in [0.4, 0.5) is 8.78 Å². The number of nitrogens with two attached hydrogens (primary N) is 1. The van der Waals surface area contributed by atoms with E-state index in [1.807, 2.05) is 17.8 Å². The minimum atomic E-state index is -2.47. The van der Waals surface area contributed by atoms with E-state index in [2.05, 4.69) is 4.98 Å². The van der Waals surface area contributed by atoms with Crippen LogP contribution >= 0.6 is 0 Å². The average Bonchev–Trinajstić information content (AvgIpc) is 2.64. The van der Waals surface area contributed by atoms with E-state index in [1.54, 1.807) is 6.20 Å². The molecule has 3 nitrogen and oxygen atoms in total. The molecule has 96 valence electrons.